The minimum atomic E-state index is 0. The van der Waals surface area contributed by atoms with E-state index in [9.17, 15) is 0 Å². The van der Waals surface area contributed by atoms with E-state index in [1.807, 2.05) is 6.07 Å². The molecule has 0 aliphatic carbocycles. The monoisotopic (exact) mass is 531 g/mol. The lowest BCUT2D eigenvalue weighted by Gasteiger charge is -2.38. The summed E-state index contributed by atoms with van der Waals surface area (Å²) in [5.74, 6) is 1.96. The lowest BCUT2D eigenvalue weighted by Crippen LogP contribution is -2.52. The number of nitrogens with one attached hydrogen (secondary N) is 1. The van der Waals surface area contributed by atoms with Gasteiger partial charge in [0, 0.05) is 64.2 Å². The Labute approximate surface area is 198 Å². The Balaban J connectivity index is 0.00000320. The van der Waals surface area contributed by atoms with Crippen molar-refractivity contribution in [2.45, 2.75) is 25.8 Å². The number of guanidine groups is 1. The molecular weight excluding hydrogens is 493 g/mol. The van der Waals surface area contributed by atoms with Crippen LogP contribution in [0, 0.1) is 0 Å². The molecule has 0 radical (unpaired) electrons. The number of nitrogens with zero attached hydrogens (tertiary/aromatic N) is 4. The number of hydrogen-bond acceptors (Lipinski definition) is 5. The Kier molecular flexibility index (Phi) is 11.0. The number of ether oxygens (including phenoxy) is 2. The van der Waals surface area contributed by atoms with Crippen LogP contribution in [0.25, 0.3) is 0 Å². The lowest BCUT2D eigenvalue weighted by molar-refractivity contribution is 0.142. The summed E-state index contributed by atoms with van der Waals surface area (Å²) in [5, 5.41) is 3.50. The summed E-state index contributed by atoms with van der Waals surface area (Å²) in [4.78, 5) is 12.4. The molecule has 1 aromatic carbocycles. The summed E-state index contributed by atoms with van der Waals surface area (Å²) in [6.07, 6.45) is 2.50. The molecule has 2 aliphatic rings. The second kappa shape index (κ2) is 13.2. The molecule has 3 rings (SSSR count). The summed E-state index contributed by atoms with van der Waals surface area (Å²) in [7, 11) is 3.49. The molecule has 2 fully saturated rings. The number of anilines is 1. The van der Waals surface area contributed by atoms with Crippen LogP contribution in [0.1, 0.15) is 19.8 Å². The number of aliphatic imine (C=N–C) groups is 1. The van der Waals surface area contributed by atoms with Crippen molar-refractivity contribution in [3.8, 4) is 5.75 Å². The molecule has 1 aromatic rings. The van der Waals surface area contributed by atoms with E-state index < -0.39 is 0 Å². The predicted molar refractivity (Wildman–Crippen MR) is 135 cm³/mol. The first-order valence-electron chi connectivity index (χ1n) is 10.9. The number of halogens is 1. The average molecular weight is 531 g/mol. The predicted octanol–water partition coefficient (Wildman–Crippen LogP) is 2.51. The molecule has 7 nitrogen and oxygen atoms in total. The fourth-order valence-corrected chi connectivity index (χ4v) is 4.21. The zero-order chi connectivity index (χ0) is 20.5. The van der Waals surface area contributed by atoms with E-state index in [1.54, 1.807) is 14.2 Å². The molecule has 170 valence electrons. The molecule has 1 unspecified atom stereocenters. The molecule has 2 saturated heterocycles. The standard InChI is InChI=1S/C22H37N5O2.HI/c1-4-23-22(24-18-20-8-6-10-25(20)15-16-28-2)27-13-11-26(12-14-27)19-7-5-9-21(17-19)29-3;/h5,7,9,17,20H,4,6,8,10-16,18H2,1-3H3,(H,23,24);1H. The van der Waals surface area contributed by atoms with Crippen LogP contribution in [0.15, 0.2) is 29.3 Å². The molecule has 1 N–H and O–H groups in total. The molecule has 0 aromatic heterocycles. The van der Waals surface area contributed by atoms with Crippen LogP contribution in [0.3, 0.4) is 0 Å². The van der Waals surface area contributed by atoms with Gasteiger partial charge in [-0.25, -0.2) is 0 Å². The van der Waals surface area contributed by atoms with Crippen molar-refractivity contribution < 1.29 is 9.47 Å². The van der Waals surface area contributed by atoms with Crippen LogP contribution in [0.2, 0.25) is 0 Å². The van der Waals surface area contributed by atoms with E-state index in [1.165, 1.54) is 25.1 Å². The Morgan fingerprint density at radius 3 is 2.67 bits per heavy atom. The van der Waals surface area contributed by atoms with Crippen molar-refractivity contribution >= 4 is 35.6 Å². The Morgan fingerprint density at radius 2 is 1.97 bits per heavy atom. The largest absolute Gasteiger partial charge is 0.497 e. The number of hydrogen-bond donors (Lipinski definition) is 1. The summed E-state index contributed by atoms with van der Waals surface area (Å²) < 4.78 is 10.6. The first-order valence-corrected chi connectivity index (χ1v) is 10.9. The van der Waals surface area contributed by atoms with Crippen LogP contribution in [0.4, 0.5) is 5.69 Å². The first-order chi connectivity index (χ1) is 14.2. The summed E-state index contributed by atoms with van der Waals surface area (Å²) in [6.45, 7) is 10.8. The number of likely N-dealkylation sites (tertiary alicyclic amines) is 1. The third-order valence-electron chi connectivity index (χ3n) is 5.87. The number of piperazine rings is 1. The maximum Gasteiger partial charge on any atom is 0.194 e. The van der Waals surface area contributed by atoms with Gasteiger partial charge in [-0.05, 0) is 38.4 Å². The molecule has 0 amide bonds. The molecule has 1 atom stereocenters. The Hall–Kier alpha value is -1.26. The van der Waals surface area contributed by atoms with Gasteiger partial charge in [0.15, 0.2) is 5.96 Å². The Bertz CT molecular complexity index is 652. The molecule has 8 heteroatoms. The van der Waals surface area contributed by atoms with Gasteiger partial charge in [0.25, 0.3) is 0 Å². The molecule has 0 saturated carbocycles. The third kappa shape index (κ3) is 6.88. The summed E-state index contributed by atoms with van der Waals surface area (Å²) >= 11 is 0. The van der Waals surface area contributed by atoms with Crippen molar-refractivity contribution in [3.05, 3.63) is 24.3 Å². The highest BCUT2D eigenvalue weighted by Crippen LogP contribution is 2.22. The normalized spacial score (nSPS) is 20.2. The van der Waals surface area contributed by atoms with Gasteiger partial charge in [-0.2, -0.15) is 0 Å². The second-order valence-corrected chi connectivity index (χ2v) is 7.70. The molecule has 0 bridgehead atoms. The smallest absolute Gasteiger partial charge is 0.194 e. The van der Waals surface area contributed by atoms with Gasteiger partial charge in [-0.1, -0.05) is 6.07 Å². The van der Waals surface area contributed by atoms with E-state index in [0.717, 1.165) is 64.1 Å². The van der Waals surface area contributed by atoms with Crippen molar-refractivity contribution in [2.24, 2.45) is 4.99 Å². The van der Waals surface area contributed by atoms with Gasteiger partial charge in [0.05, 0.1) is 20.3 Å². The lowest BCUT2D eigenvalue weighted by atomic mass is 10.2. The zero-order valence-corrected chi connectivity index (χ0v) is 21.0. The fraction of sp³-hybridized carbons (Fsp3) is 0.682. The van der Waals surface area contributed by atoms with Crippen LogP contribution in [0.5, 0.6) is 5.75 Å². The van der Waals surface area contributed by atoms with Crippen LogP contribution in [-0.2, 0) is 4.74 Å². The minimum absolute atomic E-state index is 0. The van der Waals surface area contributed by atoms with Gasteiger partial charge in [-0.3, -0.25) is 9.89 Å². The van der Waals surface area contributed by atoms with Gasteiger partial charge in [0.2, 0.25) is 0 Å². The Morgan fingerprint density at radius 1 is 1.17 bits per heavy atom. The average Bonchev–Trinajstić information content (AvgIpc) is 3.22. The van der Waals surface area contributed by atoms with Crippen LogP contribution < -0.4 is 15.0 Å². The first kappa shape index (κ1) is 25.0. The maximum absolute atomic E-state index is 5.37. The number of benzene rings is 1. The molecule has 2 heterocycles. The molecular formula is C22H38IN5O2. The molecule has 0 spiro atoms. The highest BCUT2D eigenvalue weighted by Gasteiger charge is 2.25. The highest BCUT2D eigenvalue weighted by molar-refractivity contribution is 14.0. The van der Waals surface area contributed by atoms with Crippen LogP contribution in [-0.4, -0.2) is 95.0 Å². The van der Waals surface area contributed by atoms with Gasteiger partial charge in [-0.15, -0.1) is 24.0 Å². The summed E-state index contributed by atoms with van der Waals surface area (Å²) in [6, 6.07) is 8.87. The van der Waals surface area contributed by atoms with Gasteiger partial charge in [0.1, 0.15) is 5.75 Å². The summed E-state index contributed by atoms with van der Waals surface area (Å²) in [5.41, 5.74) is 1.23. The van der Waals surface area contributed by atoms with Crippen LogP contribution >= 0.6 is 24.0 Å². The van der Waals surface area contributed by atoms with Gasteiger partial charge >= 0.3 is 0 Å². The minimum Gasteiger partial charge on any atom is -0.497 e. The number of methoxy groups -OCH3 is 2. The van der Waals surface area contributed by atoms with E-state index >= 15 is 0 Å². The second-order valence-electron chi connectivity index (χ2n) is 7.70. The molecule has 30 heavy (non-hydrogen) atoms. The topological polar surface area (TPSA) is 52.6 Å². The quantitative estimate of drug-likeness (QED) is 0.316. The SMILES string of the molecule is CCNC(=NCC1CCCN1CCOC)N1CCN(c2cccc(OC)c2)CC1.I. The molecule has 2 aliphatic heterocycles. The van der Waals surface area contributed by atoms with Crippen molar-refractivity contribution in [3.63, 3.8) is 0 Å². The maximum atomic E-state index is 5.37. The highest BCUT2D eigenvalue weighted by atomic mass is 127. The number of rotatable bonds is 8. The zero-order valence-electron chi connectivity index (χ0n) is 18.7. The van der Waals surface area contributed by atoms with Crippen molar-refractivity contribution in [2.75, 3.05) is 78.1 Å². The fourth-order valence-electron chi connectivity index (χ4n) is 4.21. The van der Waals surface area contributed by atoms with E-state index in [-0.39, 0.29) is 24.0 Å². The van der Waals surface area contributed by atoms with E-state index in [2.05, 4.69) is 45.1 Å². The van der Waals surface area contributed by atoms with Gasteiger partial charge < -0.3 is 24.6 Å². The van der Waals surface area contributed by atoms with Crippen molar-refractivity contribution in [1.29, 1.82) is 0 Å². The van der Waals surface area contributed by atoms with Crippen molar-refractivity contribution in [1.82, 2.24) is 15.1 Å². The van der Waals surface area contributed by atoms with E-state index in [4.69, 9.17) is 14.5 Å². The third-order valence-corrected chi connectivity index (χ3v) is 5.87. The van der Waals surface area contributed by atoms with E-state index in [0.29, 0.717) is 6.04 Å².